The molecule has 0 atom stereocenters. The third-order valence-corrected chi connectivity index (χ3v) is 4.56. The number of hydrogen-bond acceptors (Lipinski definition) is 2. The molecule has 0 spiro atoms. The average Bonchev–Trinajstić information content (AvgIpc) is 2.69. The second-order valence-electron chi connectivity index (χ2n) is 4.21. The topological polar surface area (TPSA) is 12.0 Å². The Labute approximate surface area is 115 Å². The Kier molecular flexibility index (Phi) is 4.37. The van der Waals surface area contributed by atoms with Crippen LogP contribution in [0, 0.1) is 13.8 Å². The Morgan fingerprint density at radius 3 is 2.47 bits per heavy atom. The van der Waals surface area contributed by atoms with Crippen molar-refractivity contribution in [2.45, 2.75) is 26.9 Å². The molecule has 0 fully saturated rings. The lowest BCUT2D eigenvalue weighted by Gasteiger charge is -2.10. The third kappa shape index (κ3) is 3.41. The first-order valence-electron chi connectivity index (χ1n) is 5.65. The van der Waals surface area contributed by atoms with Gasteiger partial charge in [-0.05, 0) is 52.5 Å². The smallest absolute Gasteiger partial charge is 0.0303 e. The number of aryl methyl sites for hydroxylation is 2. The van der Waals surface area contributed by atoms with Crippen molar-refractivity contribution in [2.75, 3.05) is 0 Å². The van der Waals surface area contributed by atoms with Crippen LogP contribution >= 0.6 is 27.3 Å². The van der Waals surface area contributed by atoms with Crippen molar-refractivity contribution < 1.29 is 0 Å². The zero-order valence-electron chi connectivity index (χ0n) is 10.1. The summed E-state index contributed by atoms with van der Waals surface area (Å²) < 4.78 is 1.17. The maximum absolute atomic E-state index is 3.50. The lowest BCUT2D eigenvalue weighted by molar-refractivity contribution is 0.695. The van der Waals surface area contributed by atoms with Crippen molar-refractivity contribution in [3.05, 3.63) is 55.7 Å². The van der Waals surface area contributed by atoms with Gasteiger partial charge in [0.05, 0.1) is 0 Å². The van der Waals surface area contributed by atoms with Crippen LogP contribution in [-0.2, 0) is 13.1 Å². The first-order chi connectivity index (χ1) is 8.16. The zero-order chi connectivity index (χ0) is 12.3. The summed E-state index contributed by atoms with van der Waals surface area (Å²) in [4.78, 5) is 1.36. The predicted octanol–water partition coefficient (Wildman–Crippen LogP) is 4.42. The summed E-state index contributed by atoms with van der Waals surface area (Å²) in [6.45, 7) is 6.22. The molecule has 3 heteroatoms. The number of halogens is 1. The highest BCUT2D eigenvalue weighted by molar-refractivity contribution is 9.10. The highest BCUT2D eigenvalue weighted by Gasteiger charge is 2.02. The molecule has 90 valence electrons. The standard InChI is InChI=1S/C14H16BrNS/c1-10-4-3-5-11(2)14(10)8-16-7-13-6-12(15)9-17-13/h3-6,9,16H,7-8H2,1-2H3. The summed E-state index contributed by atoms with van der Waals surface area (Å²) in [5, 5.41) is 5.62. The van der Waals surface area contributed by atoms with Crippen molar-refractivity contribution >= 4 is 27.3 Å². The van der Waals surface area contributed by atoms with Crippen LogP contribution in [0.25, 0.3) is 0 Å². The molecule has 0 amide bonds. The maximum Gasteiger partial charge on any atom is 0.0303 e. The lowest BCUT2D eigenvalue weighted by atomic mass is 10.0. The van der Waals surface area contributed by atoms with E-state index in [2.05, 4.69) is 64.7 Å². The SMILES string of the molecule is Cc1cccc(C)c1CNCc1cc(Br)cs1. The molecule has 17 heavy (non-hydrogen) atoms. The van der Waals surface area contributed by atoms with Crippen molar-refractivity contribution in [2.24, 2.45) is 0 Å². The van der Waals surface area contributed by atoms with E-state index in [0.29, 0.717) is 0 Å². The zero-order valence-corrected chi connectivity index (χ0v) is 12.5. The molecular formula is C14H16BrNS. The maximum atomic E-state index is 3.50. The van der Waals surface area contributed by atoms with Crippen molar-refractivity contribution in [3.8, 4) is 0 Å². The van der Waals surface area contributed by atoms with Crippen molar-refractivity contribution in [3.63, 3.8) is 0 Å². The van der Waals surface area contributed by atoms with E-state index in [4.69, 9.17) is 0 Å². The second kappa shape index (κ2) is 5.80. The summed E-state index contributed by atoms with van der Waals surface area (Å²) in [5.74, 6) is 0. The highest BCUT2D eigenvalue weighted by atomic mass is 79.9. The van der Waals surface area contributed by atoms with Crippen molar-refractivity contribution in [1.82, 2.24) is 5.32 Å². The first-order valence-corrected chi connectivity index (χ1v) is 7.33. The van der Waals surface area contributed by atoms with Gasteiger partial charge in [0.15, 0.2) is 0 Å². The fourth-order valence-corrected chi connectivity index (χ4v) is 3.31. The number of nitrogens with one attached hydrogen (secondary N) is 1. The Morgan fingerprint density at radius 1 is 1.18 bits per heavy atom. The Hall–Kier alpha value is -0.640. The van der Waals surface area contributed by atoms with E-state index in [0.717, 1.165) is 13.1 Å². The van der Waals surface area contributed by atoms with Crippen LogP contribution in [0.2, 0.25) is 0 Å². The van der Waals surface area contributed by atoms with E-state index in [9.17, 15) is 0 Å². The monoisotopic (exact) mass is 309 g/mol. The molecule has 2 rings (SSSR count). The number of benzene rings is 1. The van der Waals surface area contributed by atoms with Gasteiger partial charge in [0.1, 0.15) is 0 Å². The van der Waals surface area contributed by atoms with Gasteiger partial charge in [0, 0.05) is 27.8 Å². The van der Waals surface area contributed by atoms with Crippen LogP contribution in [0.3, 0.4) is 0 Å². The van der Waals surface area contributed by atoms with E-state index in [1.165, 1.54) is 26.0 Å². The van der Waals surface area contributed by atoms with Crippen LogP contribution < -0.4 is 5.32 Å². The van der Waals surface area contributed by atoms with Crippen LogP contribution in [0.15, 0.2) is 34.1 Å². The molecule has 1 aromatic carbocycles. The molecule has 1 nitrogen and oxygen atoms in total. The van der Waals surface area contributed by atoms with E-state index in [-0.39, 0.29) is 0 Å². The van der Waals surface area contributed by atoms with Crippen LogP contribution in [0.4, 0.5) is 0 Å². The Balaban J connectivity index is 1.94. The minimum absolute atomic E-state index is 0.935. The molecule has 1 heterocycles. The second-order valence-corrected chi connectivity index (χ2v) is 6.12. The van der Waals surface area contributed by atoms with Gasteiger partial charge in [-0.25, -0.2) is 0 Å². The molecule has 0 aliphatic heterocycles. The number of thiophene rings is 1. The van der Waals surface area contributed by atoms with Crippen LogP contribution in [-0.4, -0.2) is 0 Å². The number of hydrogen-bond donors (Lipinski definition) is 1. The molecule has 0 saturated carbocycles. The predicted molar refractivity (Wildman–Crippen MR) is 78.5 cm³/mol. The molecule has 1 aromatic heterocycles. The van der Waals surface area contributed by atoms with E-state index >= 15 is 0 Å². The van der Waals surface area contributed by atoms with Gasteiger partial charge in [-0.2, -0.15) is 0 Å². The summed E-state index contributed by atoms with van der Waals surface area (Å²) in [6, 6.07) is 8.63. The molecule has 0 saturated heterocycles. The van der Waals surface area contributed by atoms with E-state index < -0.39 is 0 Å². The average molecular weight is 310 g/mol. The fraction of sp³-hybridized carbons (Fsp3) is 0.286. The normalized spacial score (nSPS) is 10.8. The van der Waals surface area contributed by atoms with E-state index in [1.807, 2.05) is 0 Å². The molecule has 0 unspecified atom stereocenters. The molecule has 0 aliphatic rings. The summed E-state index contributed by atoms with van der Waals surface area (Å²) >= 11 is 5.26. The van der Waals surface area contributed by atoms with Gasteiger partial charge >= 0.3 is 0 Å². The first kappa shape index (κ1) is 12.8. The summed E-state index contributed by atoms with van der Waals surface area (Å²) in [7, 11) is 0. The molecule has 0 bridgehead atoms. The fourth-order valence-electron chi connectivity index (χ4n) is 1.89. The van der Waals surface area contributed by atoms with Gasteiger partial charge in [-0.1, -0.05) is 18.2 Å². The van der Waals surface area contributed by atoms with Gasteiger partial charge in [-0.3, -0.25) is 0 Å². The highest BCUT2D eigenvalue weighted by Crippen LogP contribution is 2.20. The van der Waals surface area contributed by atoms with Gasteiger partial charge < -0.3 is 5.32 Å². The van der Waals surface area contributed by atoms with Crippen LogP contribution in [0.5, 0.6) is 0 Å². The lowest BCUT2D eigenvalue weighted by Crippen LogP contribution is -2.13. The largest absolute Gasteiger partial charge is 0.308 e. The molecular weight excluding hydrogens is 294 g/mol. The third-order valence-electron chi connectivity index (χ3n) is 2.87. The minimum Gasteiger partial charge on any atom is -0.308 e. The minimum atomic E-state index is 0.935. The molecule has 0 radical (unpaired) electrons. The van der Waals surface area contributed by atoms with Crippen molar-refractivity contribution in [1.29, 1.82) is 0 Å². The van der Waals surface area contributed by atoms with Gasteiger partial charge in [0.25, 0.3) is 0 Å². The van der Waals surface area contributed by atoms with E-state index in [1.54, 1.807) is 11.3 Å². The molecule has 2 aromatic rings. The van der Waals surface area contributed by atoms with Gasteiger partial charge in [0.2, 0.25) is 0 Å². The summed E-state index contributed by atoms with van der Waals surface area (Å²) in [5.41, 5.74) is 4.15. The van der Waals surface area contributed by atoms with Crippen LogP contribution in [0.1, 0.15) is 21.6 Å². The molecule has 0 aliphatic carbocycles. The Morgan fingerprint density at radius 2 is 1.88 bits per heavy atom. The summed E-state index contributed by atoms with van der Waals surface area (Å²) in [6.07, 6.45) is 0. The molecule has 1 N–H and O–H groups in total. The quantitative estimate of drug-likeness (QED) is 0.881. The Bertz CT molecular complexity index is 484. The van der Waals surface area contributed by atoms with Gasteiger partial charge in [-0.15, -0.1) is 11.3 Å². The number of rotatable bonds is 4.